The van der Waals surface area contributed by atoms with Gasteiger partial charge >= 0.3 is 6.03 Å². The summed E-state index contributed by atoms with van der Waals surface area (Å²) >= 11 is 0. The van der Waals surface area contributed by atoms with Crippen LogP contribution in [0.2, 0.25) is 0 Å². The molecule has 0 saturated carbocycles. The van der Waals surface area contributed by atoms with Gasteiger partial charge in [-0.15, -0.1) is 0 Å². The number of hydrogen-bond acceptors (Lipinski definition) is 2. The molecule has 0 aromatic heterocycles. The Kier molecular flexibility index (Phi) is 6.57. The Bertz CT molecular complexity index is 697. The van der Waals surface area contributed by atoms with Crippen LogP contribution in [0.1, 0.15) is 38.7 Å². The molecule has 0 aliphatic carbocycles. The number of carbonyl (C=O) groups is 2. The maximum atomic E-state index is 12.5. The molecule has 2 aromatic carbocycles. The molecule has 5 nitrogen and oxygen atoms in total. The van der Waals surface area contributed by atoms with Crippen LogP contribution in [0, 0.1) is 0 Å². The van der Waals surface area contributed by atoms with Gasteiger partial charge in [0.1, 0.15) is 0 Å². The van der Waals surface area contributed by atoms with E-state index in [1.807, 2.05) is 51.1 Å². The summed E-state index contributed by atoms with van der Waals surface area (Å²) in [5, 5.41) is 8.45. The minimum atomic E-state index is -0.248. The summed E-state index contributed by atoms with van der Waals surface area (Å²) < 4.78 is 0. The van der Waals surface area contributed by atoms with Crippen LogP contribution in [0.3, 0.4) is 0 Å². The lowest BCUT2D eigenvalue weighted by Crippen LogP contribution is -2.34. The molecule has 3 N–H and O–H groups in total. The van der Waals surface area contributed by atoms with E-state index in [1.54, 1.807) is 24.3 Å². The maximum absolute atomic E-state index is 12.5. The van der Waals surface area contributed by atoms with Crippen LogP contribution in [0.15, 0.2) is 54.6 Å². The van der Waals surface area contributed by atoms with Gasteiger partial charge in [0.05, 0.1) is 5.92 Å². The van der Waals surface area contributed by atoms with E-state index < -0.39 is 0 Å². The number of carbonyl (C=O) groups excluding carboxylic acids is 2. The Hall–Kier alpha value is -2.82. The van der Waals surface area contributed by atoms with E-state index in [2.05, 4.69) is 16.0 Å². The highest BCUT2D eigenvalue weighted by Gasteiger charge is 2.18. The van der Waals surface area contributed by atoms with Crippen LogP contribution in [0.5, 0.6) is 0 Å². The third-order valence-corrected chi connectivity index (χ3v) is 3.76. The smallest absolute Gasteiger partial charge is 0.319 e. The first kappa shape index (κ1) is 18.5. The number of benzene rings is 2. The molecule has 5 heteroatoms. The van der Waals surface area contributed by atoms with Gasteiger partial charge in [-0.05, 0) is 50.1 Å². The maximum Gasteiger partial charge on any atom is 0.319 e. The number of rotatable bonds is 6. The highest BCUT2D eigenvalue weighted by molar-refractivity contribution is 5.96. The van der Waals surface area contributed by atoms with Crippen molar-refractivity contribution in [3.63, 3.8) is 0 Å². The molecular formula is C20H25N3O2. The second kappa shape index (κ2) is 8.87. The van der Waals surface area contributed by atoms with Crippen molar-refractivity contribution in [2.24, 2.45) is 0 Å². The predicted octanol–water partition coefficient (Wildman–Crippen LogP) is 4.35. The summed E-state index contributed by atoms with van der Waals surface area (Å²) in [4.78, 5) is 24.2. The van der Waals surface area contributed by atoms with Crippen molar-refractivity contribution in [3.8, 4) is 0 Å². The van der Waals surface area contributed by atoms with Crippen molar-refractivity contribution in [3.05, 3.63) is 60.2 Å². The van der Waals surface area contributed by atoms with E-state index >= 15 is 0 Å². The molecule has 2 rings (SSSR count). The zero-order chi connectivity index (χ0) is 18.2. The molecule has 1 unspecified atom stereocenters. The molecule has 1 atom stereocenters. The zero-order valence-electron chi connectivity index (χ0n) is 14.9. The third-order valence-electron chi connectivity index (χ3n) is 3.76. The SMILES string of the molecule is CCC(C(=O)Nc1ccc(NC(=O)NC(C)C)cc1)c1ccccc1. The lowest BCUT2D eigenvalue weighted by Gasteiger charge is -2.16. The van der Waals surface area contributed by atoms with Gasteiger partial charge in [-0.3, -0.25) is 4.79 Å². The van der Waals surface area contributed by atoms with Crippen LogP contribution in [0.25, 0.3) is 0 Å². The lowest BCUT2D eigenvalue weighted by molar-refractivity contribution is -0.117. The Morgan fingerprint density at radius 1 is 0.880 bits per heavy atom. The highest BCUT2D eigenvalue weighted by Crippen LogP contribution is 2.22. The number of urea groups is 1. The third kappa shape index (κ3) is 5.64. The van der Waals surface area contributed by atoms with E-state index in [4.69, 9.17) is 0 Å². The summed E-state index contributed by atoms with van der Waals surface area (Å²) in [5.74, 6) is -0.220. The summed E-state index contributed by atoms with van der Waals surface area (Å²) in [6.45, 7) is 5.79. The number of hydrogen-bond donors (Lipinski definition) is 3. The summed E-state index contributed by atoms with van der Waals surface area (Å²) in [5.41, 5.74) is 2.38. The molecule has 0 heterocycles. The fraction of sp³-hybridized carbons (Fsp3) is 0.300. The minimum Gasteiger partial charge on any atom is -0.336 e. The Morgan fingerprint density at radius 3 is 1.96 bits per heavy atom. The first-order valence-electron chi connectivity index (χ1n) is 8.53. The van der Waals surface area contributed by atoms with Gasteiger partial charge in [0.15, 0.2) is 0 Å². The molecule has 2 aromatic rings. The molecule has 0 spiro atoms. The molecular weight excluding hydrogens is 314 g/mol. The monoisotopic (exact) mass is 339 g/mol. The second-order valence-electron chi connectivity index (χ2n) is 6.19. The Morgan fingerprint density at radius 2 is 1.44 bits per heavy atom. The highest BCUT2D eigenvalue weighted by atomic mass is 16.2. The fourth-order valence-corrected chi connectivity index (χ4v) is 2.55. The van der Waals surface area contributed by atoms with E-state index in [-0.39, 0.29) is 23.9 Å². The molecule has 25 heavy (non-hydrogen) atoms. The van der Waals surface area contributed by atoms with E-state index in [0.29, 0.717) is 11.4 Å². The van der Waals surface area contributed by atoms with Crippen molar-refractivity contribution < 1.29 is 9.59 Å². The van der Waals surface area contributed by atoms with Crippen LogP contribution < -0.4 is 16.0 Å². The molecule has 0 bridgehead atoms. The largest absolute Gasteiger partial charge is 0.336 e. The lowest BCUT2D eigenvalue weighted by atomic mass is 9.95. The molecule has 0 radical (unpaired) electrons. The Labute approximate surface area is 148 Å². The van der Waals surface area contributed by atoms with Gasteiger partial charge < -0.3 is 16.0 Å². The molecule has 0 aliphatic heterocycles. The van der Waals surface area contributed by atoms with E-state index in [1.165, 1.54) is 0 Å². The molecule has 0 fully saturated rings. The number of amides is 3. The average Bonchev–Trinajstić information content (AvgIpc) is 2.57. The van der Waals surface area contributed by atoms with Gasteiger partial charge in [0.25, 0.3) is 0 Å². The van der Waals surface area contributed by atoms with E-state index in [9.17, 15) is 9.59 Å². The van der Waals surface area contributed by atoms with Crippen molar-refractivity contribution in [1.82, 2.24) is 5.32 Å². The zero-order valence-corrected chi connectivity index (χ0v) is 14.9. The summed E-state index contributed by atoms with van der Waals surface area (Å²) in [7, 11) is 0. The predicted molar refractivity (Wildman–Crippen MR) is 102 cm³/mol. The standard InChI is InChI=1S/C20H25N3O2/c1-4-18(15-8-6-5-7-9-15)19(24)22-16-10-12-17(13-11-16)23-20(25)21-14(2)3/h5-14,18H,4H2,1-3H3,(H,22,24)(H2,21,23,25). The minimum absolute atomic E-state index is 0.0352. The number of nitrogens with one attached hydrogen (secondary N) is 3. The average molecular weight is 339 g/mol. The number of anilines is 2. The van der Waals surface area contributed by atoms with Crippen molar-refractivity contribution in [2.75, 3.05) is 10.6 Å². The van der Waals surface area contributed by atoms with Crippen molar-refractivity contribution in [2.45, 2.75) is 39.2 Å². The van der Waals surface area contributed by atoms with Crippen LogP contribution in [-0.2, 0) is 4.79 Å². The summed E-state index contributed by atoms with van der Waals surface area (Å²) in [6.07, 6.45) is 0.727. The quantitative estimate of drug-likeness (QED) is 0.732. The second-order valence-corrected chi connectivity index (χ2v) is 6.19. The Balaban J connectivity index is 1.98. The molecule has 0 saturated heterocycles. The van der Waals surface area contributed by atoms with Crippen molar-refractivity contribution in [1.29, 1.82) is 0 Å². The molecule has 3 amide bonds. The van der Waals surface area contributed by atoms with Gasteiger partial charge in [-0.25, -0.2) is 4.79 Å². The first-order valence-corrected chi connectivity index (χ1v) is 8.53. The van der Waals surface area contributed by atoms with Crippen LogP contribution in [0.4, 0.5) is 16.2 Å². The molecule has 132 valence electrons. The van der Waals surface area contributed by atoms with Crippen LogP contribution >= 0.6 is 0 Å². The van der Waals surface area contributed by atoms with Gasteiger partial charge in [-0.2, -0.15) is 0 Å². The summed E-state index contributed by atoms with van der Waals surface area (Å²) in [6, 6.07) is 16.7. The first-order chi connectivity index (χ1) is 12.0. The van der Waals surface area contributed by atoms with Crippen molar-refractivity contribution >= 4 is 23.3 Å². The van der Waals surface area contributed by atoms with Gasteiger partial charge in [-0.1, -0.05) is 37.3 Å². The van der Waals surface area contributed by atoms with E-state index in [0.717, 1.165) is 12.0 Å². The van der Waals surface area contributed by atoms with Gasteiger partial charge in [0, 0.05) is 17.4 Å². The fourth-order valence-electron chi connectivity index (χ4n) is 2.55. The van der Waals surface area contributed by atoms with Gasteiger partial charge in [0.2, 0.25) is 5.91 Å². The normalized spacial score (nSPS) is 11.7. The topological polar surface area (TPSA) is 70.2 Å². The van der Waals surface area contributed by atoms with Crippen LogP contribution in [-0.4, -0.2) is 18.0 Å². The molecule has 0 aliphatic rings.